The SMILES string of the molecule is Cc1ccc(S(=O)(=O)NN=Cc2ccc(C)c(C)c2C)cc1. The Morgan fingerprint density at radius 1 is 0.909 bits per heavy atom. The van der Waals surface area contributed by atoms with Gasteiger partial charge in [0, 0.05) is 0 Å². The molecule has 0 aromatic heterocycles. The lowest BCUT2D eigenvalue weighted by Crippen LogP contribution is -2.18. The van der Waals surface area contributed by atoms with Crippen molar-refractivity contribution in [3.8, 4) is 0 Å². The lowest BCUT2D eigenvalue weighted by atomic mass is 10.00. The quantitative estimate of drug-likeness (QED) is 0.695. The fourth-order valence-corrected chi connectivity index (χ4v) is 2.84. The van der Waals surface area contributed by atoms with E-state index in [1.54, 1.807) is 24.3 Å². The minimum atomic E-state index is -3.63. The molecule has 2 aromatic carbocycles. The Bertz CT molecular complexity index is 807. The van der Waals surface area contributed by atoms with Crippen molar-refractivity contribution in [1.29, 1.82) is 0 Å². The van der Waals surface area contributed by atoms with Crippen LogP contribution >= 0.6 is 0 Å². The van der Waals surface area contributed by atoms with Crippen LogP contribution in [0.15, 0.2) is 46.4 Å². The van der Waals surface area contributed by atoms with E-state index in [1.807, 2.05) is 39.8 Å². The molecular formula is C17H20N2O2S. The summed E-state index contributed by atoms with van der Waals surface area (Å²) in [7, 11) is -3.63. The monoisotopic (exact) mass is 316 g/mol. The first-order valence-corrected chi connectivity index (χ1v) is 8.48. The zero-order valence-electron chi connectivity index (χ0n) is 13.2. The van der Waals surface area contributed by atoms with Crippen LogP contribution in [0.5, 0.6) is 0 Å². The van der Waals surface area contributed by atoms with Crippen molar-refractivity contribution >= 4 is 16.2 Å². The van der Waals surface area contributed by atoms with E-state index in [9.17, 15) is 8.42 Å². The predicted octanol–water partition coefficient (Wildman–Crippen LogP) is 3.23. The van der Waals surface area contributed by atoms with Crippen LogP contribution in [0.2, 0.25) is 0 Å². The summed E-state index contributed by atoms with van der Waals surface area (Å²) in [5.41, 5.74) is 5.39. The van der Waals surface area contributed by atoms with Gasteiger partial charge in [0.15, 0.2) is 0 Å². The molecule has 0 radical (unpaired) electrons. The Morgan fingerprint density at radius 2 is 1.55 bits per heavy atom. The summed E-state index contributed by atoms with van der Waals surface area (Å²) in [5, 5.41) is 3.88. The van der Waals surface area contributed by atoms with Gasteiger partial charge in [0.05, 0.1) is 11.1 Å². The molecule has 2 rings (SSSR count). The smallest absolute Gasteiger partial charge is 0.200 e. The Morgan fingerprint density at radius 3 is 2.18 bits per heavy atom. The number of hydrazone groups is 1. The van der Waals surface area contributed by atoms with Crippen LogP contribution in [0.25, 0.3) is 0 Å². The van der Waals surface area contributed by atoms with Gasteiger partial charge in [0.25, 0.3) is 10.0 Å². The van der Waals surface area contributed by atoms with E-state index < -0.39 is 10.0 Å². The maximum absolute atomic E-state index is 12.1. The number of nitrogens with zero attached hydrogens (tertiary/aromatic N) is 1. The summed E-state index contributed by atoms with van der Waals surface area (Å²) >= 11 is 0. The predicted molar refractivity (Wildman–Crippen MR) is 89.7 cm³/mol. The summed E-state index contributed by atoms with van der Waals surface area (Å²) in [4.78, 5) is 2.45. The fourth-order valence-electron chi connectivity index (χ4n) is 2.05. The molecule has 4 nitrogen and oxygen atoms in total. The molecule has 22 heavy (non-hydrogen) atoms. The van der Waals surface area contributed by atoms with Crippen molar-refractivity contribution in [2.24, 2.45) is 5.10 Å². The normalized spacial score (nSPS) is 11.8. The molecule has 0 saturated carbocycles. The topological polar surface area (TPSA) is 58.5 Å². The first-order valence-electron chi connectivity index (χ1n) is 6.99. The van der Waals surface area contributed by atoms with E-state index in [0.717, 1.165) is 16.7 Å². The molecule has 0 aliphatic rings. The molecule has 0 heterocycles. The molecule has 1 N–H and O–H groups in total. The molecule has 0 aliphatic carbocycles. The maximum atomic E-state index is 12.1. The number of nitrogens with one attached hydrogen (secondary N) is 1. The molecular weight excluding hydrogens is 296 g/mol. The highest BCUT2D eigenvalue weighted by molar-refractivity contribution is 7.89. The fraction of sp³-hybridized carbons (Fsp3) is 0.235. The van der Waals surface area contributed by atoms with Gasteiger partial charge in [-0.25, -0.2) is 4.83 Å². The van der Waals surface area contributed by atoms with E-state index in [1.165, 1.54) is 17.3 Å². The Hall–Kier alpha value is -2.14. The Labute approximate surface area is 131 Å². The van der Waals surface area contributed by atoms with Crippen molar-refractivity contribution in [1.82, 2.24) is 4.83 Å². The summed E-state index contributed by atoms with van der Waals surface area (Å²) < 4.78 is 24.2. The summed E-state index contributed by atoms with van der Waals surface area (Å²) in [6.45, 7) is 7.99. The van der Waals surface area contributed by atoms with Gasteiger partial charge in [-0.2, -0.15) is 13.5 Å². The number of hydrogen-bond acceptors (Lipinski definition) is 3. The first kappa shape index (κ1) is 16.2. The Kier molecular flexibility index (Phi) is 4.66. The van der Waals surface area contributed by atoms with Crippen LogP contribution in [0.3, 0.4) is 0 Å². The second kappa shape index (κ2) is 6.32. The van der Waals surface area contributed by atoms with Gasteiger partial charge >= 0.3 is 0 Å². The summed E-state index contributed by atoms with van der Waals surface area (Å²) in [6, 6.07) is 10.6. The molecule has 0 amide bonds. The van der Waals surface area contributed by atoms with Gasteiger partial charge in [-0.05, 0) is 62.1 Å². The third-order valence-corrected chi connectivity index (χ3v) is 5.05. The lowest BCUT2D eigenvalue weighted by molar-refractivity contribution is 0.584. The van der Waals surface area contributed by atoms with Crippen LogP contribution in [0.4, 0.5) is 0 Å². The highest BCUT2D eigenvalue weighted by Gasteiger charge is 2.11. The minimum absolute atomic E-state index is 0.201. The third-order valence-electron chi connectivity index (χ3n) is 3.81. The molecule has 0 aliphatic heterocycles. The minimum Gasteiger partial charge on any atom is -0.200 e. The maximum Gasteiger partial charge on any atom is 0.276 e. The van der Waals surface area contributed by atoms with Crippen molar-refractivity contribution in [3.05, 3.63) is 64.2 Å². The largest absolute Gasteiger partial charge is 0.276 e. The third kappa shape index (κ3) is 3.54. The van der Waals surface area contributed by atoms with Crippen molar-refractivity contribution < 1.29 is 8.42 Å². The molecule has 0 atom stereocenters. The average Bonchev–Trinajstić information content (AvgIpc) is 2.48. The Balaban J connectivity index is 2.19. The molecule has 0 fully saturated rings. The molecule has 116 valence electrons. The second-order valence-corrected chi connectivity index (χ2v) is 7.05. The van der Waals surface area contributed by atoms with Gasteiger partial charge < -0.3 is 0 Å². The van der Waals surface area contributed by atoms with Crippen molar-refractivity contribution in [2.75, 3.05) is 0 Å². The van der Waals surface area contributed by atoms with Crippen LogP contribution in [-0.2, 0) is 10.0 Å². The number of benzene rings is 2. The van der Waals surface area contributed by atoms with Gasteiger partial charge in [0.2, 0.25) is 0 Å². The molecule has 0 unspecified atom stereocenters. The second-order valence-electron chi connectivity index (χ2n) is 5.39. The van der Waals surface area contributed by atoms with Gasteiger partial charge in [-0.15, -0.1) is 0 Å². The molecule has 0 bridgehead atoms. The first-order chi connectivity index (χ1) is 10.3. The number of sulfonamides is 1. The zero-order chi connectivity index (χ0) is 16.3. The van der Waals surface area contributed by atoms with Gasteiger partial charge in [-0.1, -0.05) is 29.8 Å². The average molecular weight is 316 g/mol. The molecule has 2 aromatic rings. The van der Waals surface area contributed by atoms with Crippen molar-refractivity contribution in [3.63, 3.8) is 0 Å². The van der Waals surface area contributed by atoms with Crippen LogP contribution in [0, 0.1) is 27.7 Å². The standard InChI is InChI=1S/C17H20N2O2S/c1-12-5-9-17(10-6-12)22(20,21)19-18-11-16-8-7-13(2)14(3)15(16)4/h5-11,19H,1-4H3. The number of hydrogen-bond donors (Lipinski definition) is 1. The van der Waals surface area contributed by atoms with E-state index in [4.69, 9.17) is 0 Å². The number of rotatable bonds is 4. The van der Waals surface area contributed by atoms with Crippen LogP contribution in [0.1, 0.15) is 27.8 Å². The van der Waals surface area contributed by atoms with E-state index >= 15 is 0 Å². The van der Waals surface area contributed by atoms with E-state index in [0.29, 0.717) is 0 Å². The van der Waals surface area contributed by atoms with Crippen LogP contribution in [-0.4, -0.2) is 14.6 Å². The highest BCUT2D eigenvalue weighted by Crippen LogP contribution is 2.15. The summed E-state index contributed by atoms with van der Waals surface area (Å²) in [6.07, 6.45) is 1.54. The van der Waals surface area contributed by atoms with Gasteiger partial charge in [0.1, 0.15) is 0 Å². The summed E-state index contributed by atoms with van der Waals surface area (Å²) in [5.74, 6) is 0. The number of aryl methyl sites for hydroxylation is 2. The highest BCUT2D eigenvalue weighted by atomic mass is 32.2. The zero-order valence-corrected chi connectivity index (χ0v) is 14.0. The van der Waals surface area contributed by atoms with E-state index in [2.05, 4.69) is 9.93 Å². The van der Waals surface area contributed by atoms with Crippen LogP contribution < -0.4 is 4.83 Å². The molecule has 0 saturated heterocycles. The van der Waals surface area contributed by atoms with Crippen molar-refractivity contribution in [2.45, 2.75) is 32.6 Å². The lowest BCUT2D eigenvalue weighted by Gasteiger charge is -2.08. The molecule has 5 heteroatoms. The van der Waals surface area contributed by atoms with E-state index in [-0.39, 0.29) is 4.90 Å². The molecule has 0 spiro atoms. The van der Waals surface area contributed by atoms with Gasteiger partial charge in [-0.3, -0.25) is 0 Å².